The predicted molar refractivity (Wildman–Crippen MR) is 75.9 cm³/mol. The summed E-state index contributed by atoms with van der Waals surface area (Å²) in [4.78, 5) is 23.5. The Kier molecular flexibility index (Phi) is 5.35. The molecule has 1 aliphatic rings. The lowest BCUT2D eigenvalue weighted by Crippen LogP contribution is -2.30. The van der Waals surface area contributed by atoms with Gasteiger partial charge in [-0.2, -0.15) is 0 Å². The quantitative estimate of drug-likeness (QED) is 0.632. The van der Waals surface area contributed by atoms with Crippen LogP contribution in [-0.2, 0) is 14.3 Å². The van der Waals surface area contributed by atoms with E-state index >= 15 is 0 Å². The van der Waals surface area contributed by atoms with Crippen molar-refractivity contribution in [3.63, 3.8) is 0 Å². The van der Waals surface area contributed by atoms with Crippen molar-refractivity contribution in [1.82, 2.24) is 5.32 Å². The molecule has 1 heterocycles. The molecule has 0 bridgehead atoms. The number of rotatable bonds is 1. The normalized spacial score (nSPS) is 22.9. The van der Waals surface area contributed by atoms with Gasteiger partial charge < -0.3 is 10.1 Å². The Hall–Kier alpha value is -2.10. The van der Waals surface area contributed by atoms with Gasteiger partial charge >= 0.3 is 5.97 Å². The van der Waals surface area contributed by atoms with Crippen LogP contribution in [0.3, 0.4) is 0 Å². The zero-order chi connectivity index (χ0) is 14.2. The highest BCUT2D eigenvalue weighted by molar-refractivity contribution is 5.76. The van der Waals surface area contributed by atoms with Crippen LogP contribution < -0.4 is 5.32 Å². The maximum atomic E-state index is 11.8. The molecule has 20 heavy (non-hydrogen) atoms. The van der Waals surface area contributed by atoms with E-state index in [4.69, 9.17) is 4.74 Å². The van der Waals surface area contributed by atoms with Gasteiger partial charge in [0.25, 0.3) is 0 Å². The maximum Gasteiger partial charge on any atom is 0.306 e. The summed E-state index contributed by atoms with van der Waals surface area (Å²) < 4.78 is 5.47. The second-order valence-corrected chi connectivity index (χ2v) is 4.74. The van der Waals surface area contributed by atoms with Crippen molar-refractivity contribution in [2.45, 2.75) is 31.8 Å². The number of nitrogens with one attached hydrogen (secondary N) is 1. The molecule has 0 spiro atoms. The largest absolute Gasteiger partial charge is 0.456 e. The van der Waals surface area contributed by atoms with Crippen molar-refractivity contribution in [2.75, 3.05) is 6.54 Å². The van der Waals surface area contributed by atoms with Gasteiger partial charge in [-0.25, -0.2) is 0 Å². The smallest absolute Gasteiger partial charge is 0.306 e. The van der Waals surface area contributed by atoms with Gasteiger partial charge in [-0.1, -0.05) is 42.5 Å². The summed E-state index contributed by atoms with van der Waals surface area (Å²) in [6.07, 6.45) is 5.63. The average molecular weight is 273 g/mol. The number of hydrogen-bond acceptors (Lipinski definition) is 3. The van der Waals surface area contributed by atoms with E-state index in [9.17, 15) is 9.59 Å². The van der Waals surface area contributed by atoms with E-state index in [-0.39, 0.29) is 11.9 Å². The van der Waals surface area contributed by atoms with Gasteiger partial charge in [0.2, 0.25) is 5.91 Å². The first-order chi connectivity index (χ1) is 9.75. The minimum absolute atomic E-state index is 0.0211. The highest BCUT2D eigenvalue weighted by atomic mass is 16.5. The van der Waals surface area contributed by atoms with Crippen LogP contribution in [0.5, 0.6) is 0 Å². The summed E-state index contributed by atoms with van der Waals surface area (Å²) in [6.45, 7) is 0.318. The Morgan fingerprint density at radius 1 is 1.00 bits per heavy atom. The van der Waals surface area contributed by atoms with Crippen molar-refractivity contribution >= 4 is 11.9 Å². The molecule has 106 valence electrons. The molecule has 0 fully saturated rings. The van der Waals surface area contributed by atoms with Gasteiger partial charge in [0, 0.05) is 12.8 Å². The van der Waals surface area contributed by atoms with Crippen molar-refractivity contribution in [3.05, 3.63) is 48.0 Å². The molecule has 0 saturated heterocycles. The fourth-order valence-corrected chi connectivity index (χ4v) is 2.06. The molecule has 1 atom stereocenters. The van der Waals surface area contributed by atoms with Crippen LogP contribution in [0.25, 0.3) is 0 Å². The molecule has 1 aliphatic heterocycles. The molecule has 4 nitrogen and oxygen atoms in total. The molecule has 2 rings (SSSR count). The van der Waals surface area contributed by atoms with Gasteiger partial charge in [0.15, 0.2) is 0 Å². The summed E-state index contributed by atoms with van der Waals surface area (Å²) in [5, 5.41) is 2.82. The third-order valence-electron chi connectivity index (χ3n) is 3.15. The lowest BCUT2D eigenvalue weighted by molar-refractivity contribution is -0.149. The fourth-order valence-electron chi connectivity index (χ4n) is 2.06. The zero-order valence-electron chi connectivity index (χ0n) is 11.4. The second kappa shape index (κ2) is 7.48. The van der Waals surface area contributed by atoms with Gasteiger partial charge in [-0.05, 0) is 18.4 Å². The minimum atomic E-state index is -0.420. The number of esters is 1. The fraction of sp³-hybridized carbons (Fsp3) is 0.375. The summed E-state index contributed by atoms with van der Waals surface area (Å²) >= 11 is 0. The molecular weight excluding hydrogens is 254 g/mol. The highest BCUT2D eigenvalue weighted by Gasteiger charge is 2.17. The van der Waals surface area contributed by atoms with Gasteiger partial charge in [0.05, 0.1) is 6.54 Å². The lowest BCUT2D eigenvalue weighted by atomic mass is 10.1. The van der Waals surface area contributed by atoms with Gasteiger partial charge in [-0.15, -0.1) is 0 Å². The van der Waals surface area contributed by atoms with E-state index in [0.717, 1.165) is 5.56 Å². The number of carbonyl (C=O) groups is 2. The van der Waals surface area contributed by atoms with Crippen LogP contribution >= 0.6 is 0 Å². The number of amides is 1. The standard InChI is InChI=1S/C16H19NO3/c18-15-10-6-1-2-7-11-16(19)20-14(12-17-15)13-8-4-3-5-9-13/h1-5,8-9,14H,6-7,10-12H2,(H,17,18)/b2-1-/t14-/m0/s1. The monoisotopic (exact) mass is 273 g/mol. The number of cyclic esters (lactones) is 1. The molecule has 0 unspecified atom stereocenters. The van der Waals surface area contributed by atoms with E-state index in [2.05, 4.69) is 5.32 Å². The molecule has 0 aliphatic carbocycles. The SMILES string of the molecule is O=C1CC/C=C\CCC(=O)O[C@H](c2ccccc2)CN1. The number of benzene rings is 1. The first kappa shape index (κ1) is 14.3. The molecule has 1 N–H and O–H groups in total. The summed E-state index contributed by atoms with van der Waals surface area (Å²) in [6, 6.07) is 9.49. The van der Waals surface area contributed by atoms with E-state index in [0.29, 0.717) is 32.2 Å². The van der Waals surface area contributed by atoms with Crippen molar-refractivity contribution in [3.8, 4) is 0 Å². The Bertz CT molecular complexity index is 482. The Labute approximate surface area is 118 Å². The third-order valence-corrected chi connectivity index (χ3v) is 3.15. The van der Waals surface area contributed by atoms with Crippen LogP contribution in [0.1, 0.15) is 37.4 Å². The lowest BCUT2D eigenvalue weighted by Gasteiger charge is -2.19. The maximum absolute atomic E-state index is 11.8. The van der Waals surface area contributed by atoms with E-state index in [1.54, 1.807) is 0 Å². The minimum Gasteiger partial charge on any atom is -0.456 e. The molecule has 1 aromatic carbocycles. The van der Waals surface area contributed by atoms with Crippen molar-refractivity contribution in [2.24, 2.45) is 0 Å². The van der Waals surface area contributed by atoms with Gasteiger partial charge in [0.1, 0.15) is 6.10 Å². The summed E-state index contributed by atoms with van der Waals surface area (Å²) in [5.74, 6) is -0.259. The third kappa shape index (κ3) is 4.53. The van der Waals surface area contributed by atoms with Crippen LogP contribution in [0, 0.1) is 0 Å². The molecule has 0 radical (unpaired) electrons. The van der Waals surface area contributed by atoms with E-state index in [1.807, 2.05) is 42.5 Å². The number of ether oxygens (including phenoxy) is 1. The second-order valence-electron chi connectivity index (χ2n) is 4.74. The topological polar surface area (TPSA) is 55.4 Å². The van der Waals surface area contributed by atoms with Gasteiger partial charge in [-0.3, -0.25) is 9.59 Å². The molecule has 0 saturated carbocycles. The summed E-state index contributed by atoms with van der Waals surface area (Å²) in [5.41, 5.74) is 0.897. The molecule has 1 amide bonds. The van der Waals surface area contributed by atoms with Crippen LogP contribution in [0.4, 0.5) is 0 Å². The zero-order valence-corrected chi connectivity index (χ0v) is 11.4. The average Bonchev–Trinajstić information content (AvgIpc) is 2.46. The molecule has 4 heteroatoms. The van der Waals surface area contributed by atoms with Crippen LogP contribution in [0.2, 0.25) is 0 Å². The molecule has 0 aromatic heterocycles. The van der Waals surface area contributed by atoms with E-state index < -0.39 is 6.10 Å². The number of allylic oxidation sites excluding steroid dienone is 2. The number of carbonyl (C=O) groups excluding carboxylic acids is 2. The Balaban J connectivity index is 2.09. The van der Waals surface area contributed by atoms with Crippen LogP contribution in [-0.4, -0.2) is 18.4 Å². The molecular formula is C16H19NO3. The van der Waals surface area contributed by atoms with Crippen LogP contribution in [0.15, 0.2) is 42.5 Å². The van der Waals surface area contributed by atoms with E-state index in [1.165, 1.54) is 0 Å². The Morgan fingerprint density at radius 3 is 2.45 bits per heavy atom. The first-order valence-electron chi connectivity index (χ1n) is 6.92. The number of hydrogen-bond donors (Lipinski definition) is 1. The van der Waals surface area contributed by atoms with Crippen molar-refractivity contribution < 1.29 is 14.3 Å². The highest BCUT2D eigenvalue weighted by Crippen LogP contribution is 2.18. The first-order valence-corrected chi connectivity index (χ1v) is 6.92. The Morgan fingerprint density at radius 2 is 1.70 bits per heavy atom. The van der Waals surface area contributed by atoms with Crippen molar-refractivity contribution in [1.29, 1.82) is 0 Å². The predicted octanol–water partition coefficient (Wildman–Crippen LogP) is 2.52. The molecule has 1 aromatic rings. The summed E-state index contributed by atoms with van der Waals surface area (Å²) in [7, 11) is 0.